The molecule has 0 aliphatic carbocycles. The minimum atomic E-state index is -0.215. The molecule has 35 heavy (non-hydrogen) atoms. The number of likely N-dealkylation sites (N-methyl/N-ethyl adjacent to an activating group) is 1. The van der Waals surface area contributed by atoms with Crippen LogP contribution in [0.4, 0.5) is 5.82 Å². The number of amides is 1. The molecule has 3 aromatic heterocycles. The topological polar surface area (TPSA) is 92.8 Å². The largest absolute Gasteiger partial charge is 0.378 e. The lowest BCUT2D eigenvalue weighted by atomic mass is 10.1. The van der Waals surface area contributed by atoms with Crippen LogP contribution in [0.3, 0.4) is 0 Å². The summed E-state index contributed by atoms with van der Waals surface area (Å²) in [7, 11) is 3.94. The standard InChI is InChI=1S/C25H30N8O2/c1-18-5-4-6-19(15-18)20-7-9-32(28-20)22-17-24(31-11-13-35-14-12-31)33-23(27-22)16-21(29-33)25(34)26-8-10-30(2)3/h4-7,9,15-17H,8,10-14H2,1-3H3,(H,26,34). The van der Waals surface area contributed by atoms with E-state index in [0.717, 1.165) is 36.7 Å². The van der Waals surface area contributed by atoms with Gasteiger partial charge >= 0.3 is 0 Å². The van der Waals surface area contributed by atoms with Gasteiger partial charge < -0.3 is 19.9 Å². The molecule has 182 valence electrons. The first kappa shape index (κ1) is 23.0. The minimum Gasteiger partial charge on any atom is -0.378 e. The molecule has 0 saturated carbocycles. The number of aryl methyl sites for hydroxylation is 1. The van der Waals surface area contributed by atoms with Crippen LogP contribution in [0.25, 0.3) is 22.7 Å². The Kier molecular flexibility index (Phi) is 6.47. The molecule has 5 rings (SSSR count). The Morgan fingerprint density at radius 2 is 1.94 bits per heavy atom. The SMILES string of the molecule is Cc1cccc(-c2ccn(-c3cc(N4CCOCC4)n4nc(C(=O)NCCN(C)C)cc4n3)n2)c1. The Balaban J connectivity index is 1.51. The summed E-state index contributed by atoms with van der Waals surface area (Å²) in [4.78, 5) is 21.8. The molecule has 1 amide bonds. The van der Waals surface area contributed by atoms with Gasteiger partial charge in [-0.1, -0.05) is 23.8 Å². The van der Waals surface area contributed by atoms with E-state index in [1.165, 1.54) is 5.56 Å². The number of carbonyl (C=O) groups excluding carboxylic acids is 1. The first-order valence-corrected chi connectivity index (χ1v) is 11.8. The molecule has 1 fully saturated rings. The van der Waals surface area contributed by atoms with E-state index in [4.69, 9.17) is 14.8 Å². The van der Waals surface area contributed by atoms with Gasteiger partial charge in [0.15, 0.2) is 17.2 Å². The summed E-state index contributed by atoms with van der Waals surface area (Å²) in [5, 5.41) is 12.3. The molecule has 10 heteroatoms. The lowest BCUT2D eigenvalue weighted by Gasteiger charge is -2.29. The van der Waals surface area contributed by atoms with Gasteiger partial charge in [-0.3, -0.25) is 4.79 Å². The Labute approximate surface area is 204 Å². The van der Waals surface area contributed by atoms with E-state index >= 15 is 0 Å². The number of morpholine rings is 1. The zero-order chi connectivity index (χ0) is 24.4. The molecule has 4 aromatic rings. The van der Waals surface area contributed by atoms with Crippen molar-refractivity contribution in [3.8, 4) is 17.1 Å². The highest BCUT2D eigenvalue weighted by Gasteiger charge is 2.20. The van der Waals surface area contributed by atoms with E-state index < -0.39 is 0 Å². The van der Waals surface area contributed by atoms with Crippen molar-refractivity contribution in [2.75, 3.05) is 58.4 Å². The zero-order valence-corrected chi connectivity index (χ0v) is 20.3. The number of nitrogens with one attached hydrogen (secondary N) is 1. The van der Waals surface area contributed by atoms with E-state index in [9.17, 15) is 4.79 Å². The quantitative estimate of drug-likeness (QED) is 0.438. The summed E-state index contributed by atoms with van der Waals surface area (Å²) < 4.78 is 9.05. The van der Waals surface area contributed by atoms with Gasteiger partial charge in [-0.2, -0.15) is 14.7 Å². The van der Waals surface area contributed by atoms with Gasteiger partial charge in [-0.05, 0) is 33.2 Å². The summed E-state index contributed by atoms with van der Waals surface area (Å²) in [6, 6.07) is 13.9. The average molecular weight is 475 g/mol. The number of ether oxygens (including phenoxy) is 1. The van der Waals surface area contributed by atoms with Crippen LogP contribution in [0.5, 0.6) is 0 Å². The van der Waals surface area contributed by atoms with Crippen molar-refractivity contribution in [3.63, 3.8) is 0 Å². The summed E-state index contributed by atoms with van der Waals surface area (Å²) in [5.41, 5.74) is 4.04. The van der Waals surface area contributed by atoms with E-state index in [1.807, 2.05) is 49.5 Å². The lowest BCUT2D eigenvalue weighted by Crippen LogP contribution is -2.37. The molecule has 1 N–H and O–H groups in total. The number of rotatable bonds is 7. The Bertz CT molecular complexity index is 1340. The number of nitrogens with zero attached hydrogens (tertiary/aromatic N) is 7. The highest BCUT2D eigenvalue weighted by atomic mass is 16.5. The smallest absolute Gasteiger partial charge is 0.271 e. The van der Waals surface area contributed by atoms with Crippen LogP contribution >= 0.6 is 0 Å². The molecule has 4 heterocycles. The molecule has 0 unspecified atom stereocenters. The Morgan fingerprint density at radius 3 is 2.71 bits per heavy atom. The van der Waals surface area contributed by atoms with Gasteiger partial charge in [0.05, 0.1) is 18.9 Å². The first-order chi connectivity index (χ1) is 17.0. The van der Waals surface area contributed by atoms with Gasteiger partial charge in [0, 0.05) is 50.1 Å². The predicted molar refractivity (Wildman–Crippen MR) is 134 cm³/mol. The normalized spacial score (nSPS) is 14.1. The second-order valence-electron chi connectivity index (χ2n) is 8.95. The van der Waals surface area contributed by atoms with Crippen molar-refractivity contribution < 1.29 is 9.53 Å². The monoisotopic (exact) mass is 474 g/mol. The molecule has 0 bridgehead atoms. The van der Waals surface area contributed by atoms with E-state index in [1.54, 1.807) is 15.3 Å². The van der Waals surface area contributed by atoms with Crippen LogP contribution in [0, 0.1) is 6.92 Å². The summed E-state index contributed by atoms with van der Waals surface area (Å²) >= 11 is 0. The lowest BCUT2D eigenvalue weighted by molar-refractivity contribution is 0.0945. The number of hydrogen-bond donors (Lipinski definition) is 1. The molecular weight excluding hydrogens is 444 g/mol. The van der Waals surface area contributed by atoms with Gasteiger partial charge in [0.1, 0.15) is 5.82 Å². The fourth-order valence-electron chi connectivity index (χ4n) is 4.09. The third-order valence-electron chi connectivity index (χ3n) is 5.94. The maximum absolute atomic E-state index is 12.7. The second kappa shape index (κ2) is 9.85. The summed E-state index contributed by atoms with van der Waals surface area (Å²) in [5.74, 6) is 1.30. The van der Waals surface area contributed by atoms with Crippen LogP contribution in [0.2, 0.25) is 0 Å². The van der Waals surface area contributed by atoms with E-state index in [2.05, 4.69) is 34.4 Å². The van der Waals surface area contributed by atoms with Gasteiger partial charge in [0.2, 0.25) is 0 Å². The molecule has 0 spiro atoms. The third kappa shape index (κ3) is 5.03. The van der Waals surface area contributed by atoms with E-state index in [-0.39, 0.29) is 5.91 Å². The number of carbonyl (C=O) groups is 1. The van der Waals surface area contributed by atoms with Crippen molar-refractivity contribution in [2.45, 2.75) is 6.92 Å². The van der Waals surface area contributed by atoms with Crippen LogP contribution < -0.4 is 10.2 Å². The first-order valence-electron chi connectivity index (χ1n) is 11.8. The maximum atomic E-state index is 12.7. The van der Waals surface area contributed by atoms with Crippen LogP contribution in [0.1, 0.15) is 16.1 Å². The number of aromatic nitrogens is 5. The number of hydrogen-bond acceptors (Lipinski definition) is 7. The molecule has 1 aliphatic heterocycles. The molecule has 10 nitrogen and oxygen atoms in total. The molecule has 0 radical (unpaired) electrons. The second-order valence-corrected chi connectivity index (χ2v) is 8.95. The zero-order valence-electron chi connectivity index (χ0n) is 20.3. The number of anilines is 1. The molecule has 0 atom stereocenters. The van der Waals surface area contributed by atoms with Crippen molar-refractivity contribution in [3.05, 3.63) is 59.9 Å². The van der Waals surface area contributed by atoms with Gasteiger partial charge in [-0.15, -0.1) is 0 Å². The van der Waals surface area contributed by atoms with Crippen LogP contribution in [0.15, 0.2) is 48.7 Å². The third-order valence-corrected chi connectivity index (χ3v) is 5.94. The minimum absolute atomic E-state index is 0.215. The average Bonchev–Trinajstić information content (AvgIpc) is 3.51. The summed E-state index contributed by atoms with van der Waals surface area (Å²) in [6.07, 6.45) is 1.91. The Hall–Kier alpha value is -3.76. The van der Waals surface area contributed by atoms with E-state index in [0.29, 0.717) is 36.9 Å². The maximum Gasteiger partial charge on any atom is 0.271 e. The predicted octanol–water partition coefficient (Wildman–Crippen LogP) is 2.02. The van der Waals surface area contributed by atoms with Crippen molar-refractivity contribution in [1.82, 2.24) is 34.6 Å². The molecule has 1 saturated heterocycles. The van der Waals surface area contributed by atoms with Gasteiger partial charge in [0.25, 0.3) is 5.91 Å². The molecular formula is C25H30N8O2. The van der Waals surface area contributed by atoms with Crippen LogP contribution in [-0.2, 0) is 4.74 Å². The van der Waals surface area contributed by atoms with Gasteiger partial charge in [-0.25, -0.2) is 9.67 Å². The fourth-order valence-corrected chi connectivity index (χ4v) is 4.09. The summed E-state index contributed by atoms with van der Waals surface area (Å²) in [6.45, 7) is 6.10. The number of fused-ring (bicyclic) bond motifs is 1. The van der Waals surface area contributed by atoms with Crippen molar-refractivity contribution in [2.24, 2.45) is 0 Å². The highest BCUT2D eigenvalue weighted by Crippen LogP contribution is 2.23. The Morgan fingerprint density at radius 1 is 1.11 bits per heavy atom. The van der Waals surface area contributed by atoms with Crippen molar-refractivity contribution >= 4 is 17.4 Å². The highest BCUT2D eigenvalue weighted by molar-refractivity contribution is 5.93. The fraction of sp³-hybridized carbons (Fsp3) is 0.360. The molecule has 1 aliphatic rings. The number of benzene rings is 1. The van der Waals surface area contributed by atoms with Crippen LogP contribution in [-0.4, -0.2) is 88.7 Å². The van der Waals surface area contributed by atoms with Crippen molar-refractivity contribution in [1.29, 1.82) is 0 Å². The molecule has 1 aromatic carbocycles.